The van der Waals surface area contributed by atoms with Crippen LogP contribution in [0.4, 0.5) is 0 Å². The van der Waals surface area contributed by atoms with Crippen LogP contribution < -0.4 is 9.47 Å². The summed E-state index contributed by atoms with van der Waals surface area (Å²) < 4.78 is 16.6. The molecule has 4 rings (SSSR count). The number of ether oxygens (including phenoxy) is 3. The first-order valence-corrected chi connectivity index (χ1v) is 9.27. The van der Waals surface area contributed by atoms with E-state index in [2.05, 4.69) is 4.99 Å². The van der Waals surface area contributed by atoms with Gasteiger partial charge in [-0.3, -0.25) is 0 Å². The topological polar surface area (TPSA) is 57.1 Å². The second kappa shape index (κ2) is 8.89. The maximum atomic E-state index is 12.1. The molecule has 1 aliphatic rings. The largest absolute Gasteiger partial charge is 0.490 e. The van der Waals surface area contributed by atoms with Crippen molar-refractivity contribution in [3.05, 3.63) is 102 Å². The summed E-state index contributed by atoms with van der Waals surface area (Å²) in [5.41, 5.74) is 1.82. The molecule has 5 nitrogen and oxygen atoms in total. The Morgan fingerprint density at radius 3 is 2.21 bits per heavy atom. The highest BCUT2D eigenvalue weighted by Gasteiger charge is 2.23. The quantitative estimate of drug-likeness (QED) is 0.342. The molecule has 0 bridgehead atoms. The molecule has 0 radical (unpaired) electrons. The molecular formula is C24H19NO4. The predicted molar refractivity (Wildman–Crippen MR) is 111 cm³/mol. The zero-order valence-corrected chi connectivity index (χ0v) is 15.7. The van der Waals surface area contributed by atoms with E-state index < -0.39 is 5.97 Å². The van der Waals surface area contributed by atoms with Gasteiger partial charge in [0.15, 0.2) is 5.70 Å². The van der Waals surface area contributed by atoms with Gasteiger partial charge in [0.05, 0.1) is 0 Å². The van der Waals surface area contributed by atoms with E-state index in [1.807, 2.05) is 84.9 Å². The third-order valence-electron chi connectivity index (χ3n) is 4.17. The predicted octanol–water partition coefficient (Wildman–Crippen LogP) is 4.49. The fourth-order valence-corrected chi connectivity index (χ4v) is 2.80. The lowest BCUT2D eigenvalue weighted by molar-refractivity contribution is -0.129. The van der Waals surface area contributed by atoms with E-state index in [0.29, 0.717) is 24.9 Å². The lowest BCUT2D eigenvalue weighted by atomic mass is 10.2. The monoisotopic (exact) mass is 385 g/mol. The third-order valence-corrected chi connectivity index (χ3v) is 4.17. The average molecular weight is 385 g/mol. The molecule has 0 aliphatic carbocycles. The van der Waals surface area contributed by atoms with Crippen molar-refractivity contribution in [2.24, 2.45) is 4.99 Å². The first kappa shape index (κ1) is 18.5. The molecule has 0 unspecified atom stereocenters. The Labute approximate surface area is 168 Å². The molecule has 0 amide bonds. The molecule has 0 saturated carbocycles. The maximum absolute atomic E-state index is 12.1. The minimum Gasteiger partial charge on any atom is -0.490 e. The van der Waals surface area contributed by atoms with Gasteiger partial charge in [-0.05, 0) is 48.0 Å². The van der Waals surface area contributed by atoms with Crippen molar-refractivity contribution in [1.29, 1.82) is 0 Å². The minimum absolute atomic E-state index is 0.258. The number of aliphatic imine (C=N–C) groups is 1. The van der Waals surface area contributed by atoms with Crippen molar-refractivity contribution in [3.8, 4) is 11.5 Å². The van der Waals surface area contributed by atoms with Gasteiger partial charge in [0.2, 0.25) is 5.90 Å². The van der Waals surface area contributed by atoms with Gasteiger partial charge in [0.25, 0.3) is 0 Å². The third kappa shape index (κ3) is 4.90. The zero-order valence-electron chi connectivity index (χ0n) is 15.7. The highest BCUT2D eigenvalue weighted by atomic mass is 16.6. The number of hydrogen-bond acceptors (Lipinski definition) is 5. The Morgan fingerprint density at radius 2 is 1.45 bits per heavy atom. The number of rotatable bonds is 7. The first-order chi connectivity index (χ1) is 14.3. The van der Waals surface area contributed by atoms with Gasteiger partial charge in [0.1, 0.15) is 24.7 Å². The van der Waals surface area contributed by atoms with Crippen LogP contribution in [0.2, 0.25) is 0 Å². The van der Waals surface area contributed by atoms with Crippen molar-refractivity contribution in [2.45, 2.75) is 0 Å². The van der Waals surface area contributed by atoms with Crippen molar-refractivity contribution in [2.75, 3.05) is 13.2 Å². The van der Waals surface area contributed by atoms with Crippen LogP contribution in [0.3, 0.4) is 0 Å². The summed E-state index contributed by atoms with van der Waals surface area (Å²) >= 11 is 0. The standard InChI is InChI=1S/C24H19NO4/c26-24-22(25-23(29-24)19-9-3-1-4-10-19)17-18-8-7-13-21(16-18)28-15-14-27-20-11-5-2-6-12-20/h1-13,16-17H,14-15H2/b22-17-. The van der Waals surface area contributed by atoms with Gasteiger partial charge in [0, 0.05) is 5.56 Å². The highest BCUT2D eigenvalue weighted by Crippen LogP contribution is 2.21. The number of benzene rings is 3. The molecule has 1 heterocycles. The SMILES string of the molecule is O=C1OC(c2ccccc2)=N/C1=C\c1cccc(OCCOc2ccccc2)c1. The molecule has 0 N–H and O–H groups in total. The summed E-state index contributed by atoms with van der Waals surface area (Å²) in [5.74, 6) is 1.34. The molecule has 29 heavy (non-hydrogen) atoms. The van der Waals surface area contributed by atoms with Crippen LogP contribution >= 0.6 is 0 Å². The summed E-state index contributed by atoms with van der Waals surface area (Å²) in [4.78, 5) is 16.5. The van der Waals surface area contributed by atoms with Gasteiger partial charge in [-0.1, -0.05) is 48.5 Å². The molecule has 0 spiro atoms. The van der Waals surface area contributed by atoms with E-state index >= 15 is 0 Å². The molecule has 1 aliphatic heterocycles. The van der Waals surface area contributed by atoms with Crippen LogP contribution in [0.1, 0.15) is 11.1 Å². The molecule has 0 saturated heterocycles. The highest BCUT2D eigenvalue weighted by molar-refractivity contribution is 6.12. The average Bonchev–Trinajstić information content (AvgIpc) is 3.13. The number of cyclic esters (lactones) is 1. The Bertz CT molecular complexity index is 1040. The normalized spacial score (nSPS) is 14.4. The molecule has 0 fully saturated rings. The summed E-state index contributed by atoms with van der Waals surface area (Å²) in [6.45, 7) is 0.847. The Balaban J connectivity index is 1.39. The van der Waals surface area contributed by atoms with Gasteiger partial charge in [-0.2, -0.15) is 0 Å². The number of esters is 1. The van der Waals surface area contributed by atoms with Crippen LogP contribution in [-0.4, -0.2) is 25.1 Å². The van der Waals surface area contributed by atoms with E-state index in [0.717, 1.165) is 16.9 Å². The molecular weight excluding hydrogens is 366 g/mol. The molecule has 0 aromatic heterocycles. The van der Waals surface area contributed by atoms with Crippen LogP contribution in [0, 0.1) is 0 Å². The van der Waals surface area contributed by atoms with E-state index in [-0.39, 0.29) is 5.70 Å². The van der Waals surface area contributed by atoms with Gasteiger partial charge in [-0.25, -0.2) is 9.79 Å². The summed E-state index contributed by atoms with van der Waals surface area (Å²) in [6.07, 6.45) is 1.69. The lowest BCUT2D eigenvalue weighted by Crippen LogP contribution is -2.08. The summed E-state index contributed by atoms with van der Waals surface area (Å²) in [5, 5.41) is 0. The molecule has 0 atom stereocenters. The van der Waals surface area contributed by atoms with Crippen molar-refractivity contribution in [1.82, 2.24) is 0 Å². The van der Waals surface area contributed by atoms with Gasteiger partial charge in [-0.15, -0.1) is 0 Å². The van der Waals surface area contributed by atoms with E-state index in [9.17, 15) is 4.79 Å². The summed E-state index contributed by atoms with van der Waals surface area (Å²) in [7, 11) is 0. The second-order valence-electron chi connectivity index (χ2n) is 6.28. The van der Waals surface area contributed by atoms with E-state index in [4.69, 9.17) is 14.2 Å². The van der Waals surface area contributed by atoms with Crippen molar-refractivity contribution >= 4 is 17.9 Å². The second-order valence-corrected chi connectivity index (χ2v) is 6.28. The summed E-state index contributed by atoms with van der Waals surface area (Å²) in [6, 6.07) is 26.4. The zero-order chi connectivity index (χ0) is 19.9. The maximum Gasteiger partial charge on any atom is 0.363 e. The molecule has 3 aromatic rings. The van der Waals surface area contributed by atoms with Crippen LogP contribution in [0.25, 0.3) is 6.08 Å². The number of hydrogen-bond donors (Lipinski definition) is 0. The Kier molecular flexibility index (Phi) is 5.67. The number of carbonyl (C=O) groups is 1. The number of para-hydroxylation sites is 1. The molecule has 3 aromatic carbocycles. The van der Waals surface area contributed by atoms with Crippen molar-refractivity contribution in [3.63, 3.8) is 0 Å². The molecule has 144 valence electrons. The van der Waals surface area contributed by atoms with Gasteiger partial charge < -0.3 is 14.2 Å². The first-order valence-electron chi connectivity index (χ1n) is 9.27. The van der Waals surface area contributed by atoms with Crippen LogP contribution in [-0.2, 0) is 9.53 Å². The van der Waals surface area contributed by atoms with Crippen molar-refractivity contribution < 1.29 is 19.0 Å². The fourth-order valence-electron chi connectivity index (χ4n) is 2.80. The van der Waals surface area contributed by atoms with Gasteiger partial charge >= 0.3 is 5.97 Å². The number of nitrogens with zero attached hydrogens (tertiary/aromatic N) is 1. The smallest absolute Gasteiger partial charge is 0.363 e. The fraction of sp³-hybridized carbons (Fsp3) is 0.0833. The van der Waals surface area contributed by atoms with E-state index in [1.54, 1.807) is 6.08 Å². The minimum atomic E-state index is -0.466. The van der Waals surface area contributed by atoms with Crippen LogP contribution in [0.5, 0.6) is 11.5 Å². The lowest BCUT2D eigenvalue weighted by Gasteiger charge is -2.08. The Morgan fingerprint density at radius 1 is 0.793 bits per heavy atom. The Hall–Kier alpha value is -3.86. The number of carbonyl (C=O) groups excluding carboxylic acids is 1. The van der Waals surface area contributed by atoms with Crippen LogP contribution in [0.15, 0.2) is 95.6 Å². The van der Waals surface area contributed by atoms with E-state index in [1.165, 1.54) is 0 Å². The molecule has 5 heteroatoms.